The van der Waals surface area contributed by atoms with Crippen LogP contribution < -0.4 is 5.32 Å². The van der Waals surface area contributed by atoms with Gasteiger partial charge in [0.2, 0.25) is 0 Å². The molecule has 4 nitrogen and oxygen atoms in total. The molecule has 0 fully saturated rings. The normalized spacial score (nSPS) is 11.9. The van der Waals surface area contributed by atoms with Crippen LogP contribution in [-0.4, -0.2) is 33.9 Å². The maximum absolute atomic E-state index is 11.1. The Balaban J connectivity index is 3.35. The molecule has 0 amide bonds. The average molecular weight is 223 g/mol. The molecule has 5 heteroatoms. The summed E-state index contributed by atoms with van der Waals surface area (Å²) in [6.45, 7) is 5.70. The third-order valence-electron chi connectivity index (χ3n) is 1.70. The van der Waals surface area contributed by atoms with E-state index in [0.29, 0.717) is 13.0 Å². The van der Waals surface area contributed by atoms with Crippen molar-refractivity contribution >= 4 is 10.1 Å². The highest BCUT2D eigenvalue weighted by Gasteiger charge is 2.07. The van der Waals surface area contributed by atoms with E-state index in [1.54, 1.807) is 0 Å². The van der Waals surface area contributed by atoms with Crippen LogP contribution in [0.25, 0.3) is 0 Å². The molecule has 14 heavy (non-hydrogen) atoms. The van der Waals surface area contributed by atoms with Gasteiger partial charge < -0.3 is 5.32 Å². The van der Waals surface area contributed by atoms with Gasteiger partial charge >= 0.3 is 0 Å². The van der Waals surface area contributed by atoms with Gasteiger partial charge in [0.05, 0.1) is 12.4 Å². The first-order chi connectivity index (χ1) is 6.62. The van der Waals surface area contributed by atoms with Crippen molar-refractivity contribution in [3.05, 3.63) is 0 Å². The minimum Gasteiger partial charge on any atom is -0.314 e. The highest BCUT2D eigenvalue weighted by atomic mass is 32.2. The van der Waals surface area contributed by atoms with Gasteiger partial charge in [-0.25, -0.2) is 0 Å². The molecule has 1 N–H and O–H groups in total. The summed E-state index contributed by atoms with van der Waals surface area (Å²) < 4.78 is 26.9. The first kappa shape index (κ1) is 13.9. The molecule has 86 valence electrons. The van der Waals surface area contributed by atoms with Crippen molar-refractivity contribution in [2.24, 2.45) is 0 Å². The lowest BCUT2D eigenvalue weighted by atomic mass is 10.3. The molecule has 0 aromatic heterocycles. The average Bonchev–Trinajstić information content (AvgIpc) is 2.11. The predicted octanol–water partition coefficient (Wildman–Crippen LogP) is 1.13. The van der Waals surface area contributed by atoms with Crippen LogP contribution in [0, 0.1) is 0 Å². The van der Waals surface area contributed by atoms with E-state index in [1.165, 1.54) is 0 Å². The van der Waals surface area contributed by atoms with Crippen LogP contribution in [0.15, 0.2) is 0 Å². The van der Waals surface area contributed by atoms with Crippen LogP contribution in [-0.2, 0) is 14.3 Å². The third-order valence-corrected chi connectivity index (χ3v) is 3.14. The summed E-state index contributed by atoms with van der Waals surface area (Å²) in [5, 5.41) is 3.11. The second-order valence-electron chi connectivity index (χ2n) is 3.19. The molecule has 0 aromatic rings. The number of nitrogens with one attached hydrogen (secondary N) is 1. The fourth-order valence-corrected chi connectivity index (χ4v) is 1.93. The van der Waals surface area contributed by atoms with Crippen LogP contribution in [0.3, 0.4) is 0 Å². The molecule has 0 bridgehead atoms. The Kier molecular flexibility index (Phi) is 8.12. The summed E-state index contributed by atoms with van der Waals surface area (Å²) in [4.78, 5) is 0. The predicted molar refractivity (Wildman–Crippen MR) is 57.8 cm³/mol. The van der Waals surface area contributed by atoms with Crippen molar-refractivity contribution in [2.75, 3.05) is 25.4 Å². The second-order valence-corrected chi connectivity index (χ2v) is 4.95. The standard InChI is InChI=1S/C9H21NO3S/c1-3-5-6-10-7-8-13-14(11,12)9-4-2/h10H,3-9H2,1-2H3. The maximum atomic E-state index is 11.1. The van der Waals surface area contributed by atoms with E-state index >= 15 is 0 Å². The SMILES string of the molecule is CCCCNCCOS(=O)(=O)CCC. The Labute approximate surface area is 87.2 Å². The van der Waals surface area contributed by atoms with Gasteiger partial charge in [-0.3, -0.25) is 4.18 Å². The van der Waals surface area contributed by atoms with Gasteiger partial charge in [-0.2, -0.15) is 8.42 Å². The van der Waals surface area contributed by atoms with Crippen LogP contribution in [0.5, 0.6) is 0 Å². The molecule has 0 unspecified atom stereocenters. The minimum atomic E-state index is -3.26. The van der Waals surface area contributed by atoms with E-state index in [9.17, 15) is 8.42 Å². The largest absolute Gasteiger partial charge is 0.314 e. The van der Waals surface area contributed by atoms with Crippen LogP contribution >= 0.6 is 0 Å². The van der Waals surface area contributed by atoms with Gasteiger partial charge in [0.15, 0.2) is 0 Å². The molecule has 0 aliphatic rings. The second kappa shape index (κ2) is 8.20. The lowest BCUT2D eigenvalue weighted by molar-refractivity contribution is 0.314. The lowest BCUT2D eigenvalue weighted by Crippen LogP contribution is -2.23. The van der Waals surface area contributed by atoms with E-state index < -0.39 is 10.1 Å². The molecule has 0 aromatic carbocycles. The third kappa shape index (κ3) is 8.47. The summed E-state index contributed by atoms with van der Waals surface area (Å²) in [6.07, 6.45) is 2.86. The van der Waals surface area contributed by atoms with E-state index in [2.05, 4.69) is 12.2 Å². The lowest BCUT2D eigenvalue weighted by Gasteiger charge is -2.05. The van der Waals surface area contributed by atoms with Gasteiger partial charge in [0.1, 0.15) is 0 Å². The van der Waals surface area contributed by atoms with Crippen LogP contribution in [0.4, 0.5) is 0 Å². The summed E-state index contributed by atoms with van der Waals surface area (Å²) in [5.74, 6) is 0.113. The fourth-order valence-electron chi connectivity index (χ4n) is 0.977. The highest BCUT2D eigenvalue weighted by molar-refractivity contribution is 7.86. The number of unbranched alkanes of at least 4 members (excludes halogenated alkanes) is 1. The van der Waals surface area contributed by atoms with Crippen LogP contribution in [0.2, 0.25) is 0 Å². The van der Waals surface area contributed by atoms with Gasteiger partial charge in [0.25, 0.3) is 10.1 Å². The first-order valence-corrected chi connectivity index (χ1v) is 6.78. The smallest absolute Gasteiger partial charge is 0.267 e. The van der Waals surface area contributed by atoms with Crippen molar-refractivity contribution in [3.8, 4) is 0 Å². The van der Waals surface area contributed by atoms with E-state index in [4.69, 9.17) is 4.18 Å². The van der Waals surface area contributed by atoms with Crippen molar-refractivity contribution < 1.29 is 12.6 Å². The molecule has 0 rings (SSSR count). The summed E-state index contributed by atoms with van der Waals surface area (Å²) in [6, 6.07) is 0. The Morgan fingerprint density at radius 1 is 1.14 bits per heavy atom. The molecule has 0 saturated carbocycles. The highest BCUT2D eigenvalue weighted by Crippen LogP contribution is 1.94. The molecule has 0 heterocycles. The van der Waals surface area contributed by atoms with E-state index in [0.717, 1.165) is 19.4 Å². The summed E-state index contributed by atoms with van der Waals surface area (Å²) in [7, 11) is -3.26. The molecule has 0 aliphatic heterocycles. The van der Waals surface area contributed by atoms with Crippen molar-refractivity contribution in [2.45, 2.75) is 33.1 Å². The zero-order valence-corrected chi connectivity index (χ0v) is 9.90. The summed E-state index contributed by atoms with van der Waals surface area (Å²) in [5.41, 5.74) is 0. The van der Waals surface area contributed by atoms with Crippen molar-refractivity contribution in [3.63, 3.8) is 0 Å². The Bertz CT molecular complexity index is 214. The first-order valence-electron chi connectivity index (χ1n) is 5.20. The molecular weight excluding hydrogens is 202 g/mol. The van der Waals surface area contributed by atoms with Gasteiger partial charge in [0, 0.05) is 6.54 Å². The monoisotopic (exact) mass is 223 g/mol. The topological polar surface area (TPSA) is 55.4 Å². The zero-order valence-electron chi connectivity index (χ0n) is 9.08. The molecule has 0 atom stereocenters. The molecule has 0 radical (unpaired) electrons. The Hall–Kier alpha value is -0.130. The van der Waals surface area contributed by atoms with Crippen molar-refractivity contribution in [1.29, 1.82) is 0 Å². The fraction of sp³-hybridized carbons (Fsp3) is 1.00. The van der Waals surface area contributed by atoms with Crippen LogP contribution in [0.1, 0.15) is 33.1 Å². The Morgan fingerprint density at radius 3 is 2.43 bits per heavy atom. The molecular formula is C9H21NO3S. The number of rotatable bonds is 9. The molecule has 0 aliphatic carbocycles. The van der Waals surface area contributed by atoms with Gasteiger partial charge in [-0.05, 0) is 19.4 Å². The van der Waals surface area contributed by atoms with E-state index in [1.807, 2.05) is 6.92 Å². The van der Waals surface area contributed by atoms with Gasteiger partial charge in [-0.1, -0.05) is 20.3 Å². The number of hydrogen-bond donors (Lipinski definition) is 1. The van der Waals surface area contributed by atoms with Gasteiger partial charge in [-0.15, -0.1) is 0 Å². The minimum absolute atomic E-state index is 0.113. The summed E-state index contributed by atoms with van der Waals surface area (Å²) >= 11 is 0. The molecule has 0 spiro atoms. The van der Waals surface area contributed by atoms with Crippen molar-refractivity contribution in [1.82, 2.24) is 5.32 Å². The quantitative estimate of drug-likeness (QED) is 0.470. The van der Waals surface area contributed by atoms with E-state index in [-0.39, 0.29) is 12.4 Å². The molecule has 0 saturated heterocycles. The zero-order chi connectivity index (χ0) is 10.9. The number of hydrogen-bond acceptors (Lipinski definition) is 4. The maximum Gasteiger partial charge on any atom is 0.267 e. The Morgan fingerprint density at radius 2 is 1.86 bits per heavy atom.